The van der Waals surface area contributed by atoms with Crippen LogP contribution in [0.3, 0.4) is 0 Å². The van der Waals surface area contributed by atoms with Gasteiger partial charge in [0.15, 0.2) is 0 Å². The molecule has 0 aliphatic rings. The van der Waals surface area contributed by atoms with E-state index in [1.54, 1.807) is 0 Å². The lowest BCUT2D eigenvalue weighted by Crippen LogP contribution is -1.48. The number of hydrogen-bond donors (Lipinski definition) is 0. The molecule has 0 aromatic carbocycles. The van der Waals surface area contributed by atoms with Crippen molar-refractivity contribution < 1.29 is 0 Å². The third-order valence-electron chi connectivity index (χ3n) is 0.319. The summed E-state index contributed by atoms with van der Waals surface area (Å²) in [5.74, 6) is 0. The lowest BCUT2D eigenvalue weighted by Gasteiger charge is -1.72. The van der Waals surface area contributed by atoms with E-state index in [0.717, 1.165) is 14.5 Å². The highest BCUT2D eigenvalue weighted by Gasteiger charge is 1.66. The van der Waals surface area contributed by atoms with Crippen LogP contribution in [0.1, 0.15) is 0 Å². The fraction of sp³-hybridized carbons (Fsp3) is 0.333. The SMILES string of the molecule is C=CCP=NPCl. The Kier molecular flexibility index (Phi) is 7.08. The van der Waals surface area contributed by atoms with Crippen molar-refractivity contribution in [3.05, 3.63) is 12.7 Å². The number of rotatable bonds is 3. The molecule has 4 heteroatoms. The minimum absolute atomic E-state index is 0.205. The summed E-state index contributed by atoms with van der Waals surface area (Å²) in [4.78, 5) is 0. The molecule has 0 spiro atoms. The molecule has 0 bridgehead atoms. The molecule has 0 radical (unpaired) electrons. The molecule has 1 nitrogen and oxygen atoms in total. The van der Waals surface area contributed by atoms with Gasteiger partial charge in [0.05, 0.1) is 0 Å². The topological polar surface area (TPSA) is 12.4 Å². The highest BCUT2D eigenvalue weighted by molar-refractivity contribution is 7.69. The standard InChI is InChI=1S/C3H6ClNP2/c1-2-3-6-5-7-4/h2,7H,1,3H2. The summed E-state index contributed by atoms with van der Waals surface area (Å²) in [6.45, 7) is 3.53. The fourth-order valence-electron chi connectivity index (χ4n) is 0.125. The molecule has 7 heavy (non-hydrogen) atoms. The molecule has 0 amide bonds. The smallest absolute Gasteiger partial charge is 0.101 e. The molecule has 0 aromatic heterocycles. The maximum absolute atomic E-state index is 5.26. The summed E-state index contributed by atoms with van der Waals surface area (Å²) in [6.07, 6.45) is 2.74. The summed E-state index contributed by atoms with van der Waals surface area (Å²) in [7, 11) is 1.23. The summed E-state index contributed by atoms with van der Waals surface area (Å²) in [5, 5.41) is 0. The zero-order valence-electron chi connectivity index (χ0n) is 3.76. The van der Waals surface area contributed by atoms with Gasteiger partial charge in [-0.25, -0.2) is 4.52 Å². The maximum Gasteiger partial charge on any atom is 0.101 e. The van der Waals surface area contributed by atoms with E-state index in [-0.39, 0.29) is 8.08 Å². The Labute approximate surface area is 51.7 Å². The van der Waals surface area contributed by atoms with E-state index in [4.69, 9.17) is 11.2 Å². The van der Waals surface area contributed by atoms with E-state index in [1.165, 1.54) is 0 Å². The monoisotopic (exact) mass is 153 g/mol. The normalized spacial score (nSPS) is 11.6. The van der Waals surface area contributed by atoms with Crippen molar-refractivity contribution >= 4 is 27.7 Å². The van der Waals surface area contributed by atoms with Gasteiger partial charge in [0.25, 0.3) is 0 Å². The first-order valence-corrected chi connectivity index (χ1v) is 4.74. The Bertz CT molecular complexity index is 73.3. The Morgan fingerprint density at radius 3 is 3.14 bits per heavy atom. The zero-order valence-corrected chi connectivity index (χ0v) is 6.41. The van der Waals surface area contributed by atoms with E-state index in [1.807, 2.05) is 6.08 Å². The van der Waals surface area contributed by atoms with Crippen molar-refractivity contribution in [1.82, 2.24) is 0 Å². The van der Waals surface area contributed by atoms with Crippen LogP contribution >= 0.6 is 27.7 Å². The molecule has 40 valence electrons. The minimum atomic E-state index is 0.205. The molecule has 0 N–H and O–H groups in total. The van der Waals surface area contributed by atoms with E-state index in [0.29, 0.717) is 0 Å². The molecule has 0 aliphatic carbocycles. The fourth-order valence-corrected chi connectivity index (χ4v) is 1.26. The van der Waals surface area contributed by atoms with Crippen LogP contribution in [-0.4, -0.2) is 6.16 Å². The quantitative estimate of drug-likeness (QED) is 0.437. The summed E-state index contributed by atoms with van der Waals surface area (Å²) < 4.78 is 3.86. The average Bonchev–Trinajstić information content (AvgIpc) is 1.69. The van der Waals surface area contributed by atoms with Gasteiger partial charge in [-0.2, -0.15) is 0 Å². The Morgan fingerprint density at radius 1 is 2.00 bits per heavy atom. The number of allylic oxidation sites excluding steroid dienone is 1. The molecule has 0 rings (SSSR count). The molecule has 0 fully saturated rings. The van der Waals surface area contributed by atoms with E-state index >= 15 is 0 Å². The van der Waals surface area contributed by atoms with Crippen molar-refractivity contribution in [2.24, 2.45) is 4.52 Å². The van der Waals surface area contributed by atoms with Gasteiger partial charge in [0.1, 0.15) is 8.08 Å². The van der Waals surface area contributed by atoms with Crippen LogP contribution in [0.25, 0.3) is 0 Å². The minimum Gasteiger partial charge on any atom is -0.232 e. The first-order chi connectivity index (χ1) is 3.41. The van der Waals surface area contributed by atoms with E-state index < -0.39 is 0 Å². The van der Waals surface area contributed by atoms with Crippen LogP contribution in [0.4, 0.5) is 0 Å². The molecule has 0 aliphatic heterocycles. The second kappa shape index (κ2) is 6.56. The summed E-state index contributed by atoms with van der Waals surface area (Å²) in [6, 6.07) is 0. The van der Waals surface area contributed by atoms with Crippen LogP contribution in [0.2, 0.25) is 0 Å². The van der Waals surface area contributed by atoms with Gasteiger partial charge in [-0.1, -0.05) is 17.3 Å². The van der Waals surface area contributed by atoms with Gasteiger partial charge in [0.2, 0.25) is 0 Å². The number of halogens is 1. The maximum atomic E-state index is 5.26. The van der Waals surface area contributed by atoms with Crippen molar-refractivity contribution in [3.63, 3.8) is 0 Å². The number of hydrogen-bond acceptors (Lipinski definition) is 1. The van der Waals surface area contributed by atoms with Crippen molar-refractivity contribution in [2.45, 2.75) is 0 Å². The highest BCUT2D eigenvalue weighted by Crippen LogP contribution is 2.22. The largest absolute Gasteiger partial charge is 0.232 e. The first-order valence-electron chi connectivity index (χ1n) is 1.75. The first kappa shape index (κ1) is 7.56. The Balaban J connectivity index is 2.92. The third kappa shape index (κ3) is 6.56. The van der Waals surface area contributed by atoms with Crippen molar-refractivity contribution in [3.8, 4) is 0 Å². The van der Waals surface area contributed by atoms with Crippen molar-refractivity contribution in [1.29, 1.82) is 0 Å². The van der Waals surface area contributed by atoms with Gasteiger partial charge >= 0.3 is 0 Å². The lowest BCUT2D eigenvalue weighted by molar-refractivity contribution is 1.80. The molecule has 0 saturated heterocycles. The predicted octanol–water partition coefficient (Wildman–Crippen LogP) is 3.05. The van der Waals surface area contributed by atoms with Gasteiger partial charge < -0.3 is 0 Å². The molecular formula is C3H6ClNP2. The van der Waals surface area contributed by atoms with Crippen LogP contribution in [0.15, 0.2) is 17.2 Å². The van der Waals surface area contributed by atoms with Gasteiger partial charge in [-0.15, -0.1) is 6.58 Å². The second-order valence-corrected chi connectivity index (χ2v) is 2.92. The lowest BCUT2D eigenvalue weighted by atomic mass is 10.8. The molecule has 0 heterocycles. The number of nitrogens with zero attached hydrogens (tertiary/aromatic N) is 1. The molecule has 1 atom stereocenters. The zero-order chi connectivity index (χ0) is 5.54. The van der Waals surface area contributed by atoms with E-state index in [9.17, 15) is 0 Å². The van der Waals surface area contributed by atoms with Crippen LogP contribution in [0, 0.1) is 0 Å². The van der Waals surface area contributed by atoms with Crippen LogP contribution in [0.5, 0.6) is 0 Å². The molecule has 1 unspecified atom stereocenters. The third-order valence-corrected chi connectivity index (χ3v) is 2.29. The molecular weight excluding hydrogens is 147 g/mol. The van der Waals surface area contributed by atoms with Crippen LogP contribution in [-0.2, 0) is 0 Å². The highest BCUT2D eigenvalue weighted by atomic mass is 35.7. The molecule has 0 aromatic rings. The van der Waals surface area contributed by atoms with Gasteiger partial charge in [-0.3, -0.25) is 0 Å². The van der Waals surface area contributed by atoms with Crippen molar-refractivity contribution in [2.75, 3.05) is 6.16 Å². The average molecular weight is 153 g/mol. The Morgan fingerprint density at radius 2 is 2.71 bits per heavy atom. The van der Waals surface area contributed by atoms with Gasteiger partial charge in [-0.05, 0) is 0 Å². The van der Waals surface area contributed by atoms with Crippen LogP contribution < -0.4 is 0 Å². The van der Waals surface area contributed by atoms with E-state index in [2.05, 4.69) is 11.1 Å². The summed E-state index contributed by atoms with van der Waals surface area (Å²) >= 11 is 5.26. The molecule has 0 saturated carbocycles. The second-order valence-electron chi connectivity index (χ2n) is 0.797. The van der Waals surface area contributed by atoms with Gasteiger partial charge in [0, 0.05) is 14.5 Å². The summed E-state index contributed by atoms with van der Waals surface area (Å²) in [5.41, 5.74) is 0. The Hall–Kier alpha value is 0.560. The predicted molar refractivity (Wildman–Crippen MR) is 38.6 cm³/mol.